The zero-order valence-corrected chi connectivity index (χ0v) is 20.2. The minimum Gasteiger partial charge on any atom is -0.478 e. The van der Waals surface area contributed by atoms with Gasteiger partial charge in [0.05, 0.1) is 23.1 Å². The van der Waals surface area contributed by atoms with E-state index in [-0.39, 0.29) is 5.56 Å². The Balaban J connectivity index is 1.83. The number of anilines is 2. The standard InChI is InChI=1S/C24H28N4O2S2/c1-4-5-9-19-16-27(18-10-7-6-8-11-18)20-12-22(31-3)21(13-23(20)32-26(19)2)28-15-17(14-25-28)24(29)30/h6-8,10-15,19H,4-5,9,16H2,1-3H3,(H,29,30). The summed E-state index contributed by atoms with van der Waals surface area (Å²) in [6.45, 7) is 3.15. The Morgan fingerprint density at radius 1 is 1.25 bits per heavy atom. The van der Waals surface area contributed by atoms with Gasteiger partial charge in [-0.25, -0.2) is 13.8 Å². The zero-order chi connectivity index (χ0) is 22.7. The number of benzene rings is 2. The molecule has 4 rings (SSSR count). The first kappa shape index (κ1) is 22.8. The number of likely N-dealkylation sites (N-methyl/N-ethyl adjacent to an activating group) is 1. The van der Waals surface area contributed by atoms with E-state index in [1.807, 2.05) is 12.3 Å². The number of aromatic carboxylic acids is 1. The van der Waals surface area contributed by atoms with Gasteiger partial charge in [0.25, 0.3) is 0 Å². The minimum absolute atomic E-state index is 0.183. The Labute approximate surface area is 197 Å². The summed E-state index contributed by atoms with van der Waals surface area (Å²) in [4.78, 5) is 16.0. The van der Waals surface area contributed by atoms with Gasteiger partial charge in [-0.3, -0.25) is 0 Å². The van der Waals surface area contributed by atoms with Gasteiger partial charge in [-0.2, -0.15) is 5.10 Å². The van der Waals surface area contributed by atoms with E-state index in [0.717, 1.165) is 28.4 Å². The van der Waals surface area contributed by atoms with Crippen molar-refractivity contribution in [2.45, 2.75) is 42.0 Å². The van der Waals surface area contributed by atoms with Gasteiger partial charge in [0.15, 0.2) is 0 Å². The molecule has 1 aliphatic rings. The molecule has 0 amide bonds. The van der Waals surface area contributed by atoms with Crippen molar-refractivity contribution >= 4 is 41.1 Å². The first-order valence-electron chi connectivity index (χ1n) is 10.8. The summed E-state index contributed by atoms with van der Waals surface area (Å²) in [5.74, 6) is -0.972. The van der Waals surface area contributed by atoms with Crippen molar-refractivity contribution in [3.63, 3.8) is 0 Å². The van der Waals surface area contributed by atoms with Crippen LogP contribution >= 0.6 is 23.7 Å². The van der Waals surface area contributed by atoms with Gasteiger partial charge in [-0.15, -0.1) is 11.8 Å². The van der Waals surface area contributed by atoms with Gasteiger partial charge in [-0.05, 0) is 55.9 Å². The second kappa shape index (κ2) is 10.0. The summed E-state index contributed by atoms with van der Waals surface area (Å²) >= 11 is 3.40. The predicted octanol–water partition coefficient (Wildman–Crippen LogP) is 5.94. The molecule has 32 heavy (non-hydrogen) atoms. The van der Waals surface area contributed by atoms with Crippen molar-refractivity contribution in [2.24, 2.45) is 0 Å². The van der Waals surface area contributed by atoms with Crippen molar-refractivity contribution in [1.82, 2.24) is 14.1 Å². The molecule has 1 atom stereocenters. The molecule has 2 heterocycles. The van der Waals surface area contributed by atoms with Crippen LogP contribution in [-0.2, 0) is 0 Å². The van der Waals surface area contributed by atoms with Gasteiger partial charge in [-0.1, -0.05) is 38.0 Å². The molecule has 0 aliphatic carbocycles. The highest BCUT2D eigenvalue weighted by molar-refractivity contribution is 7.98. The molecule has 1 N–H and O–H groups in total. The summed E-state index contributed by atoms with van der Waals surface area (Å²) in [6.07, 6.45) is 8.53. The largest absolute Gasteiger partial charge is 0.478 e. The number of carboxylic acids is 1. The average molecular weight is 469 g/mol. The monoisotopic (exact) mass is 468 g/mol. The lowest BCUT2D eigenvalue weighted by Crippen LogP contribution is -2.35. The Morgan fingerprint density at radius 3 is 2.69 bits per heavy atom. The molecule has 2 aromatic carbocycles. The molecule has 1 aromatic heterocycles. The van der Waals surface area contributed by atoms with Crippen LogP contribution in [0, 0.1) is 0 Å². The second-order valence-corrected chi connectivity index (χ2v) is 9.90. The molecule has 0 bridgehead atoms. The average Bonchev–Trinajstić information content (AvgIpc) is 3.25. The van der Waals surface area contributed by atoms with Gasteiger partial charge in [0.1, 0.15) is 0 Å². The van der Waals surface area contributed by atoms with Crippen LogP contribution in [0.1, 0.15) is 36.5 Å². The maximum atomic E-state index is 11.4. The van der Waals surface area contributed by atoms with E-state index >= 15 is 0 Å². The third kappa shape index (κ3) is 4.67. The smallest absolute Gasteiger partial charge is 0.338 e. The van der Waals surface area contributed by atoms with E-state index in [1.54, 1.807) is 34.6 Å². The molecule has 1 aliphatic heterocycles. The van der Waals surface area contributed by atoms with Crippen LogP contribution in [0.25, 0.3) is 5.69 Å². The van der Waals surface area contributed by atoms with Crippen LogP contribution in [0.15, 0.2) is 64.6 Å². The highest BCUT2D eigenvalue weighted by atomic mass is 32.2. The van der Waals surface area contributed by atoms with Crippen molar-refractivity contribution in [3.8, 4) is 5.69 Å². The third-order valence-corrected chi connectivity index (χ3v) is 7.61. The number of rotatable bonds is 7. The fourth-order valence-electron chi connectivity index (χ4n) is 3.95. The number of unbranched alkanes of at least 4 members (excludes halogenated alkanes) is 1. The predicted molar refractivity (Wildman–Crippen MR) is 133 cm³/mol. The minimum atomic E-state index is -0.972. The molecule has 0 spiro atoms. The van der Waals surface area contributed by atoms with Crippen molar-refractivity contribution in [2.75, 3.05) is 24.7 Å². The number of para-hydroxylation sites is 1. The molecule has 1 unspecified atom stereocenters. The molecule has 0 radical (unpaired) electrons. The second-order valence-electron chi connectivity index (χ2n) is 7.85. The van der Waals surface area contributed by atoms with E-state index in [1.165, 1.54) is 30.4 Å². The fourth-order valence-corrected chi connectivity index (χ4v) is 5.60. The lowest BCUT2D eigenvalue weighted by molar-refractivity contribution is 0.0697. The summed E-state index contributed by atoms with van der Waals surface area (Å²) in [7, 11) is 2.17. The molecule has 3 aromatic rings. The summed E-state index contributed by atoms with van der Waals surface area (Å²) in [5.41, 5.74) is 3.43. The lowest BCUT2D eigenvalue weighted by Gasteiger charge is -2.30. The number of thioether (sulfide) groups is 1. The number of carboxylic acid groups (broad SMARTS) is 1. The molecule has 0 saturated carbocycles. The van der Waals surface area contributed by atoms with E-state index in [0.29, 0.717) is 6.04 Å². The van der Waals surface area contributed by atoms with Crippen molar-refractivity contribution in [1.29, 1.82) is 0 Å². The number of carbonyl (C=O) groups is 1. The van der Waals surface area contributed by atoms with Crippen LogP contribution in [0.2, 0.25) is 0 Å². The number of aromatic nitrogens is 2. The SMILES string of the molecule is CCCCC1CN(c2ccccc2)c2cc(SC)c(-n3cc(C(=O)O)cn3)cc2SN1C. The van der Waals surface area contributed by atoms with Gasteiger partial charge in [0.2, 0.25) is 0 Å². The maximum absolute atomic E-state index is 11.4. The summed E-state index contributed by atoms with van der Waals surface area (Å²) in [6, 6.07) is 15.3. The fraction of sp³-hybridized carbons (Fsp3) is 0.333. The van der Waals surface area contributed by atoms with E-state index in [2.05, 4.69) is 64.7 Å². The molecule has 0 saturated heterocycles. The van der Waals surface area contributed by atoms with Crippen LogP contribution in [0.3, 0.4) is 0 Å². The lowest BCUT2D eigenvalue weighted by atomic mass is 10.1. The summed E-state index contributed by atoms with van der Waals surface area (Å²) in [5, 5.41) is 13.6. The Hall–Kier alpha value is -2.42. The Bertz CT molecular complexity index is 1090. The van der Waals surface area contributed by atoms with Crippen LogP contribution in [-0.4, -0.2) is 51.1 Å². The molecule has 168 valence electrons. The molecule has 0 fully saturated rings. The molecular formula is C24H28N4O2S2. The maximum Gasteiger partial charge on any atom is 0.338 e. The molecule has 6 nitrogen and oxygen atoms in total. The highest BCUT2D eigenvalue weighted by Gasteiger charge is 2.28. The van der Waals surface area contributed by atoms with Crippen LogP contribution in [0.4, 0.5) is 11.4 Å². The highest BCUT2D eigenvalue weighted by Crippen LogP contribution is 2.44. The number of fused-ring (bicyclic) bond motifs is 1. The normalized spacial score (nSPS) is 16.6. The summed E-state index contributed by atoms with van der Waals surface area (Å²) < 4.78 is 4.04. The van der Waals surface area contributed by atoms with Crippen molar-refractivity contribution < 1.29 is 9.90 Å². The number of hydrogen-bond donors (Lipinski definition) is 1. The number of hydrogen-bond acceptors (Lipinski definition) is 6. The first-order chi connectivity index (χ1) is 15.5. The topological polar surface area (TPSA) is 61.6 Å². The first-order valence-corrected chi connectivity index (χ1v) is 12.8. The number of nitrogens with zero attached hydrogens (tertiary/aromatic N) is 4. The third-order valence-electron chi connectivity index (χ3n) is 5.74. The van der Waals surface area contributed by atoms with E-state index < -0.39 is 5.97 Å². The van der Waals surface area contributed by atoms with Gasteiger partial charge >= 0.3 is 5.97 Å². The van der Waals surface area contributed by atoms with Crippen molar-refractivity contribution in [3.05, 3.63) is 60.4 Å². The zero-order valence-electron chi connectivity index (χ0n) is 18.6. The molecular weight excluding hydrogens is 440 g/mol. The van der Waals surface area contributed by atoms with Gasteiger partial charge in [0, 0.05) is 34.3 Å². The van der Waals surface area contributed by atoms with Crippen LogP contribution < -0.4 is 4.90 Å². The Kier molecular flexibility index (Phi) is 7.13. The molecule has 8 heteroatoms. The Morgan fingerprint density at radius 2 is 2.03 bits per heavy atom. The van der Waals surface area contributed by atoms with Gasteiger partial charge < -0.3 is 10.0 Å². The van der Waals surface area contributed by atoms with Crippen LogP contribution in [0.5, 0.6) is 0 Å². The van der Waals surface area contributed by atoms with E-state index in [9.17, 15) is 9.90 Å². The quantitative estimate of drug-likeness (QED) is 0.340. The van der Waals surface area contributed by atoms with E-state index in [4.69, 9.17) is 0 Å².